The summed E-state index contributed by atoms with van der Waals surface area (Å²) in [4.78, 5) is 25.7. The molecule has 1 N–H and O–H groups in total. The Morgan fingerprint density at radius 1 is 0.886 bits per heavy atom. The van der Waals surface area contributed by atoms with Gasteiger partial charge < -0.3 is 19.3 Å². The topological polar surface area (TPSA) is 82.1 Å². The quantitative estimate of drug-likeness (QED) is 0.253. The van der Waals surface area contributed by atoms with Crippen LogP contribution in [-0.2, 0) is 10.3 Å². The summed E-state index contributed by atoms with van der Waals surface area (Å²) in [6.07, 6.45) is 5.51. The summed E-state index contributed by atoms with van der Waals surface area (Å²) in [6, 6.07) is 23.3. The number of terminal acetylenes is 1. The summed E-state index contributed by atoms with van der Waals surface area (Å²) in [5, 5.41) is 10.1. The number of benzene rings is 4. The molecule has 6 rings (SSSR count). The molecule has 0 aromatic heterocycles. The molecule has 0 radical (unpaired) electrons. The first kappa shape index (κ1) is 20.6. The lowest BCUT2D eigenvalue weighted by Gasteiger charge is -2.36. The van der Waals surface area contributed by atoms with Gasteiger partial charge in [0.05, 0.1) is 11.1 Å². The number of hydrogen-bond acceptors (Lipinski definition) is 6. The van der Waals surface area contributed by atoms with Gasteiger partial charge in [-0.15, -0.1) is 6.42 Å². The van der Waals surface area contributed by atoms with Gasteiger partial charge in [0, 0.05) is 34.4 Å². The van der Waals surface area contributed by atoms with Crippen molar-refractivity contribution in [2.24, 2.45) is 0 Å². The first-order valence-electron chi connectivity index (χ1n) is 10.8. The number of fused-ring (bicyclic) bond motifs is 6. The van der Waals surface area contributed by atoms with Crippen molar-refractivity contribution in [3.63, 3.8) is 0 Å². The minimum atomic E-state index is -1.27. The Morgan fingerprint density at radius 2 is 1.60 bits per heavy atom. The molecule has 0 saturated heterocycles. The number of phenols is 1. The second-order valence-electron chi connectivity index (χ2n) is 8.14. The molecule has 35 heavy (non-hydrogen) atoms. The third-order valence-corrected chi connectivity index (χ3v) is 6.18. The largest absolute Gasteiger partial charge is 0.508 e. The molecule has 6 nitrogen and oxygen atoms in total. The van der Waals surface area contributed by atoms with Crippen LogP contribution in [0, 0.1) is 12.3 Å². The highest BCUT2D eigenvalue weighted by atomic mass is 16.6. The zero-order valence-electron chi connectivity index (χ0n) is 18.1. The van der Waals surface area contributed by atoms with Gasteiger partial charge in [-0.25, -0.2) is 9.59 Å². The van der Waals surface area contributed by atoms with Gasteiger partial charge in [-0.3, -0.25) is 0 Å². The van der Waals surface area contributed by atoms with Crippen LogP contribution in [0.3, 0.4) is 0 Å². The van der Waals surface area contributed by atoms with Crippen molar-refractivity contribution in [1.82, 2.24) is 0 Å². The SMILES string of the molecule is C#Cc1ccccc1C(=O)Oc1ccc2c(c1)Oc1cc(O)ccc1C21OC(=O)c2ccccc21. The Kier molecular flexibility index (Phi) is 4.41. The lowest BCUT2D eigenvalue weighted by atomic mass is 9.77. The summed E-state index contributed by atoms with van der Waals surface area (Å²) < 4.78 is 17.7. The van der Waals surface area contributed by atoms with Gasteiger partial charge >= 0.3 is 11.9 Å². The van der Waals surface area contributed by atoms with E-state index in [1.807, 2.05) is 12.1 Å². The number of phenolic OH excluding ortho intramolecular Hbond substituents is 1. The lowest BCUT2D eigenvalue weighted by Crippen LogP contribution is -2.33. The first-order chi connectivity index (χ1) is 17.0. The average molecular weight is 460 g/mol. The highest BCUT2D eigenvalue weighted by Gasteiger charge is 2.53. The number of rotatable bonds is 2. The summed E-state index contributed by atoms with van der Waals surface area (Å²) in [5.41, 5.74) is 1.66. The van der Waals surface area contributed by atoms with Gasteiger partial charge in [0.25, 0.3) is 0 Å². The van der Waals surface area contributed by atoms with Crippen LogP contribution in [-0.4, -0.2) is 17.0 Å². The molecule has 1 unspecified atom stereocenters. The number of ether oxygens (including phenoxy) is 3. The zero-order chi connectivity index (χ0) is 24.2. The van der Waals surface area contributed by atoms with E-state index in [1.165, 1.54) is 12.1 Å². The van der Waals surface area contributed by atoms with Gasteiger partial charge in [-0.2, -0.15) is 0 Å². The second-order valence-corrected chi connectivity index (χ2v) is 8.14. The number of carbonyl (C=O) groups is 2. The molecule has 2 aliphatic heterocycles. The normalized spacial score (nSPS) is 16.8. The van der Waals surface area contributed by atoms with Gasteiger partial charge in [0.1, 0.15) is 23.0 Å². The van der Waals surface area contributed by atoms with E-state index in [0.717, 1.165) is 0 Å². The van der Waals surface area contributed by atoms with Crippen LogP contribution >= 0.6 is 0 Å². The summed E-state index contributed by atoms with van der Waals surface area (Å²) in [5.74, 6) is 2.26. The molecule has 0 fully saturated rings. The van der Waals surface area contributed by atoms with E-state index >= 15 is 0 Å². The molecule has 0 aliphatic carbocycles. The molecule has 4 aromatic rings. The van der Waals surface area contributed by atoms with Crippen LogP contribution in [0.15, 0.2) is 84.9 Å². The molecular formula is C29H16O6. The van der Waals surface area contributed by atoms with Gasteiger partial charge in [0.2, 0.25) is 0 Å². The lowest BCUT2D eigenvalue weighted by molar-refractivity contribution is 0.0224. The highest BCUT2D eigenvalue weighted by Crippen LogP contribution is 2.56. The minimum absolute atomic E-state index is 0.00608. The van der Waals surface area contributed by atoms with Crippen LogP contribution in [0.2, 0.25) is 0 Å². The van der Waals surface area contributed by atoms with Gasteiger partial charge in [-0.05, 0) is 42.5 Å². The average Bonchev–Trinajstić information content (AvgIpc) is 3.16. The van der Waals surface area contributed by atoms with Crippen molar-refractivity contribution < 1.29 is 28.9 Å². The molecule has 0 saturated carbocycles. The van der Waals surface area contributed by atoms with Crippen molar-refractivity contribution in [3.8, 4) is 35.3 Å². The van der Waals surface area contributed by atoms with Gasteiger partial charge in [0.15, 0.2) is 5.60 Å². The minimum Gasteiger partial charge on any atom is -0.508 e. The van der Waals surface area contributed by atoms with Crippen LogP contribution in [0.5, 0.6) is 23.0 Å². The maximum Gasteiger partial charge on any atom is 0.344 e. The maximum atomic E-state index is 12.9. The van der Waals surface area contributed by atoms with E-state index in [4.69, 9.17) is 20.6 Å². The van der Waals surface area contributed by atoms with E-state index in [2.05, 4.69) is 5.92 Å². The first-order valence-corrected chi connectivity index (χ1v) is 10.8. The molecule has 0 bridgehead atoms. The molecule has 6 heteroatoms. The molecule has 4 aromatic carbocycles. The number of carbonyl (C=O) groups excluding carboxylic acids is 2. The van der Waals surface area contributed by atoms with Crippen molar-refractivity contribution in [1.29, 1.82) is 0 Å². The number of aromatic hydroxyl groups is 1. The zero-order valence-corrected chi connectivity index (χ0v) is 18.1. The Hall–Kier alpha value is -5.02. The fourth-order valence-electron chi connectivity index (χ4n) is 4.66. The molecule has 1 spiro atoms. The Bertz CT molecular complexity index is 1600. The second kappa shape index (κ2) is 7.51. The van der Waals surface area contributed by atoms with Crippen molar-refractivity contribution >= 4 is 11.9 Å². The molecule has 2 heterocycles. The van der Waals surface area contributed by atoms with Crippen LogP contribution in [0.1, 0.15) is 43.0 Å². The summed E-state index contributed by atoms with van der Waals surface area (Å²) in [6.45, 7) is 0. The Morgan fingerprint density at radius 3 is 2.43 bits per heavy atom. The van der Waals surface area contributed by atoms with E-state index < -0.39 is 17.5 Å². The van der Waals surface area contributed by atoms with Crippen molar-refractivity contribution in [2.75, 3.05) is 0 Å². The summed E-state index contributed by atoms with van der Waals surface area (Å²) in [7, 11) is 0. The monoisotopic (exact) mass is 460 g/mol. The fourth-order valence-corrected chi connectivity index (χ4v) is 4.66. The Labute approximate surface area is 200 Å². The molecule has 1 atom stereocenters. The standard InChI is InChI=1S/C29H16O6/c1-2-17-7-3-4-8-20(17)27(31)33-19-12-14-24-26(16-19)34-25-15-18(30)11-13-23(25)29(24)22-10-6-5-9-21(22)28(32)35-29/h1,3-16,30H. The van der Waals surface area contributed by atoms with E-state index in [-0.39, 0.29) is 17.1 Å². The molecule has 0 amide bonds. The third-order valence-electron chi connectivity index (χ3n) is 6.18. The highest BCUT2D eigenvalue weighted by molar-refractivity contribution is 5.97. The van der Waals surface area contributed by atoms with Crippen LogP contribution in [0.4, 0.5) is 0 Å². The third kappa shape index (κ3) is 2.99. The van der Waals surface area contributed by atoms with E-state index in [9.17, 15) is 14.7 Å². The Balaban J connectivity index is 1.48. The van der Waals surface area contributed by atoms with E-state index in [0.29, 0.717) is 39.3 Å². The smallest absolute Gasteiger partial charge is 0.344 e. The van der Waals surface area contributed by atoms with E-state index in [1.54, 1.807) is 60.7 Å². The summed E-state index contributed by atoms with van der Waals surface area (Å²) >= 11 is 0. The van der Waals surface area contributed by atoms with Crippen molar-refractivity contribution in [3.05, 3.63) is 118 Å². The van der Waals surface area contributed by atoms with Gasteiger partial charge in [-0.1, -0.05) is 36.3 Å². The predicted molar refractivity (Wildman–Crippen MR) is 126 cm³/mol. The number of hydrogen-bond donors (Lipinski definition) is 1. The predicted octanol–water partition coefficient (Wildman–Crippen LogP) is 5.16. The van der Waals surface area contributed by atoms with Crippen LogP contribution in [0.25, 0.3) is 0 Å². The van der Waals surface area contributed by atoms with Crippen molar-refractivity contribution in [2.45, 2.75) is 5.60 Å². The molecule has 2 aliphatic rings. The van der Waals surface area contributed by atoms with Crippen LogP contribution < -0.4 is 9.47 Å². The maximum absolute atomic E-state index is 12.9. The molecular weight excluding hydrogens is 444 g/mol. The molecule has 168 valence electrons. The number of esters is 2. The fraction of sp³-hybridized carbons (Fsp3) is 0.0345.